The number of hydrogen-bond donors (Lipinski definition) is 1. The van der Waals surface area contributed by atoms with Crippen LogP contribution in [0.3, 0.4) is 0 Å². The number of rotatable bonds is 5. The normalized spacial score (nSPS) is 20.8. The van der Waals surface area contributed by atoms with E-state index < -0.39 is 0 Å². The molecule has 0 radical (unpaired) electrons. The average Bonchev–Trinajstić information content (AvgIpc) is 3.04. The number of carbonyl (C=O) groups excluding carboxylic acids is 2. The fourth-order valence-corrected chi connectivity index (χ4v) is 4.61. The van der Waals surface area contributed by atoms with Crippen LogP contribution >= 0.6 is 11.3 Å². The van der Waals surface area contributed by atoms with Crippen LogP contribution < -0.4 is 5.32 Å². The van der Waals surface area contributed by atoms with Crippen LogP contribution in [-0.2, 0) is 22.4 Å². The molecule has 2 heterocycles. The molecule has 1 aliphatic heterocycles. The third-order valence-corrected chi connectivity index (χ3v) is 6.13. The molecule has 0 saturated carbocycles. The molecule has 1 N–H and O–H groups in total. The molecule has 2 amide bonds. The summed E-state index contributed by atoms with van der Waals surface area (Å²) < 4.78 is 5.33. The molecule has 0 bridgehead atoms. The number of fused-ring (bicyclic) bond motifs is 1. The van der Waals surface area contributed by atoms with Crippen molar-refractivity contribution in [3.63, 3.8) is 0 Å². The number of thiophene rings is 1. The van der Waals surface area contributed by atoms with Crippen LogP contribution in [0.2, 0.25) is 0 Å². The first-order valence-corrected chi connectivity index (χ1v) is 9.77. The minimum atomic E-state index is 0.0223. The second kappa shape index (κ2) is 8.29. The SMILES string of the molecule is CN(C)C(=O)c1cc2c(s1)CC[C@H](C(=O)NCCN1CCOCC1)C2. The van der Waals surface area contributed by atoms with Crippen LogP contribution in [0, 0.1) is 5.92 Å². The predicted molar refractivity (Wildman–Crippen MR) is 98.1 cm³/mol. The number of hydrogen-bond acceptors (Lipinski definition) is 5. The molecule has 0 unspecified atom stereocenters. The summed E-state index contributed by atoms with van der Waals surface area (Å²) in [5, 5.41) is 3.09. The van der Waals surface area contributed by atoms with Gasteiger partial charge in [-0.1, -0.05) is 0 Å². The van der Waals surface area contributed by atoms with Gasteiger partial charge < -0.3 is 15.0 Å². The molecule has 0 aromatic carbocycles. The van der Waals surface area contributed by atoms with Crippen molar-refractivity contribution in [2.75, 3.05) is 53.5 Å². The van der Waals surface area contributed by atoms with Gasteiger partial charge in [0.05, 0.1) is 18.1 Å². The average molecular weight is 365 g/mol. The molecule has 6 nitrogen and oxygen atoms in total. The summed E-state index contributed by atoms with van der Waals surface area (Å²) in [5.41, 5.74) is 1.18. The Hall–Kier alpha value is -1.44. The highest BCUT2D eigenvalue weighted by atomic mass is 32.1. The van der Waals surface area contributed by atoms with Gasteiger partial charge in [-0.15, -0.1) is 11.3 Å². The van der Waals surface area contributed by atoms with E-state index in [4.69, 9.17) is 4.74 Å². The highest BCUT2D eigenvalue weighted by Gasteiger charge is 2.27. The van der Waals surface area contributed by atoms with Crippen molar-refractivity contribution in [2.24, 2.45) is 5.92 Å². The highest BCUT2D eigenvalue weighted by Crippen LogP contribution is 2.32. The number of amides is 2. The Morgan fingerprint density at radius 1 is 1.36 bits per heavy atom. The van der Waals surface area contributed by atoms with E-state index in [1.54, 1.807) is 30.3 Å². The fourth-order valence-electron chi connectivity index (χ4n) is 3.38. The monoisotopic (exact) mass is 365 g/mol. The summed E-state index contributed by atoms with van der Waals surface area (Å²) in [4.78, 5) is 30.6. The zero-order valence-electron chi connectivity index (χ0n) is 15.0. The smallest absolute Gasteiger partial charge is 0.263 e. The highest BCUT2D eigenvalue weighted by molar-refractivity contribution is 7.14. The molecule has 1 aromatic heterocycles. The number of nitrogens with one attached hydrogen (secondary N) is 1. The van der Waals surface area contributed by atoms with Gasteiger partial charge in [-0.2, -0.15) is 0 Å². The van der Waals surface area contributed by atoms with Gasteiger partial charge in [0.25, 0.3) is 5.91 Å². The van der Waals surface area contributed by atoms with Crippen LogP contribution in [0.25, 0.3) is 0 Å². The Morgan fingerprint density at radius 3 is 2.84 bits per heavy atom. The van der Waals surface area contributed by atoms with Crippen molar-refractivity contribution in [2.45, 2.75) is 19.3 Å². The Bertz CT molecular complexity index is 623. The lowest BCUT2D eigenvalue weighted by atomic mass is 9.88. The zero-order valence-corrected chi connectivity index (χ0v) is 15.9. The number of aryl methyl sites for hydroxylation is 1. The predicted octanol–water partition coefficient (Wildman–Crippen LogP) is 1.00. The molecule has 1 aromatic rings. The Labute approximate surface area is 153 Å². The van der Waals surface area contributed by atoms with Gasteiger partial charge in [-0.3, -0.25) is 14.5 Å². The molecule has 1 aliphatic carbocycles. The maximum atomic E-state index is 12.5. The van der Waals surface area contributed by atoms with Crippen LogP contribution in [0.1, 0.15) is 26.5 Å². The van der Waals surface area contributed by atoms with Crippen molar-refractivity contribution in [1.82, 2.24) is 15.1 Å². The van der Waals surface area contributed by atoms with Gasteiger partial charge in [-0.05, 0) is 30.9 Å². The lowest BCUT2D eigenvalue weighted by Gasteiger charge is -2.27. The van der Waals surface area contributed by atoms with E-state index >= 15 is 0 Å². The zero-order chi connectivity index (χ0) is 17.8. The van der Waals surface area contributed by atoms with Gasteiger partial charge >= 0.3 is 0 Å². The van der Waals surface area contributed by atoms with Crippen molar-refractivity contribution in [1.29, 1.82) is 0 Å². The first kappa shape index (κ1) is 18.4. The maximum Gasteiger partial charge on any atom is 0.263 e. The van der Waals surface area contributed by atoms with E-state index in [0.29, 0.717) is 6.54 Å². The summed E-state index contributed by atoms with van der Waals surface area (Å²) in [6.45, 7) is 5.03. The lowest BCUT2D eigenvalue weighted by molar-refractivity contribution is -0.125. The van der Waals surface area contributed by atoms with Crippen LogP contribution in [0.5, 0.6) is 0 Å². The minimum Gasteiger partial charge on any atom is -0.379 e. The molecule has 3 rings (SSSR count). The van der Waals surface area contributed by atoms with Crippen molar-refractivity contribution < 1.29 is 14.3 Å². The van der Waals surface area contributed by atoms with E-state index in [-0.39, 0.29) is 17.7 Å². The molecule has 25 heavy (non-hydrogen) atoms. The van der Waals surface area contributed by atoms with Crippen molar-refractivity contribution >= 4 is 23.2 Å². The van der Waals surface area contributed by atoms with Crippen molar-refractivity contribution in [3.05, 3.63) is 21.4 Å². The Balaban J connectivity index is 1.49. The molecule has 0 spiro atoms. The number of ether oxygens (including phenoxy) is 1. The van der Waals surface area contributed by atoms with Crippen LogP contribution in [-0.4, -0.2) is 75.1 Å². The number of nitrogens with zero attached hydrogens (tertiary/aromatic N) is 2. The molecule has 138 valence electrons. The standard InChI is InChI=1S/C18H27N3O3S/c1-20(2)18(23)16-12-14-11-13(3-4-15(14)25-16)17(22)19-5-6-21-7-9-24-10-8-21/h12-13H,3-11H2,1-2H3,(H,19,22)/t13-/m0/s1. The van der Waals surface area contributed by atoms with Gasteiger partial charge in [0.2, 0.25) is 5.91 Å². The molecular formula is C18H27N3O3S. The number of morpholine rings is 1. The van der Waals surface area contributed by atoms with E-state index in [2.05, 4.69) is 10.2 Å². The quantitative estimate of drug-likeness (QED) is 0.846. The van der Waals surface area contributed by atoms with Gasteiger partial charge in [0.15, 0.2) is 0 Å². The largest absolute Gasteiger partial charge is 0.379 e. The summed E-state index contributed by atoms with van der Waals surface area (Å²) in [7, 11) is 3.54. The second-order valence-corrected chi connectivity index (χ2v) is 8.08. The maximum absolute atomic E-state index is 12.5. The van der Waals surface area contributed by atoms with E-state index in [9.17, 15) is 9.59 Å². The summed E-state index contributed by atoms with van der Waals surface area (Å²) in [5.74, 6) is 0.214. The molecule has 1 atom stereocenters. The topological polar surface area (TPSA) is 61.9 Å². The van der Waals surface area contributed by atoms with Crippen LogP contribution in [0.4, 0.5) is 0 Å². The number of carbonyl (C=O) groups is 2. The summed E-state index contributed by atoms with van der Waals surface area (Å²) >= 11 is 1.58. The summed E-state index contributed by atoms with van der Waals surface area (Å²) in [6.07, 6.45) is 2.50. The Morgan fingerprint density at radius 2 is 2.12 bits per heavy atom. The van der Waals surface area contributed by atoms with Crippen molar-refractivity contribution in [3.8, 4) is 0 Å². The van der Waals surface area contributed by atoms with Gasteiger partial charge in [0, 0.05) is 51.1 Å². The third kappa shape index (κ3) is 4.59. The minimum absolute atomic E-state index is 0.0223. The fraction of sp³-hybridized carbons (Fsp3) is 0.667. The molecule has 7 heteroatoms. The van der Waals surface area contributed by atoms with Gasteiger partial charge in [-0.25, -0.2) is 0 Å². The molecular weight excluding hydrogens is 338 g/mol. The second-order valence-electron chi connectivity index (χ2n) is 6.94. The van der Waals surface area contributed by atoms with E-state index in [0.717, 1.165) is 57.0 Å². The molecule has 2 aliphatic rings. The lowest BCUT2D eigenvalue weighted by Crippen LogP contribution is -2.43. The third-order valence-electron chi connectivity index (χ3n) is 4.90. The van der Waals surface area contributed by atoms with Gasteiger partial charge in [0.1, 0.15) is 0 Å². The first-order chi connectivity index (χ1) is 12.0. The summed E-state index contributed by atoms with van der Waals surface area (Å²) in [6, 6.07) is 1.98. The Kier molecular flexibility index (Phi) is 6.09. The first-order valence-electron chi connectivity index (χ1n) is 8.95. The van der Waals surface area contributed by atoms with Crippen LogP contribution in [0.15, 0.2) is 6.07 Å². The molecule has 1 saturated heterocycles. The van der Waals surface area contributed by atoms with E-state index in [1.165, 1.54) is 10.4 Å². The van der Waals surface area contributed by atoms with E-state index in [1.807, 2.05) is 6.07 Å². The molecule has 1 fully saturated rings.